The molecule has 1 aliphatic heterocycles. The Bertz CT molecular complexity index is 805. The molecule has 0 unspecified atom stereocenters. The van der Waals surface area contributed by atoms with Crippen molar-refractivity contribution in [1.29, 1.82) is 0 Å². The Balaban J connectivity index is 1.75. The Morgan fingerprint density at radius 2 is 1.78 bits per heavy atom. The number of hydrogen-bond acceptors (Lipinski definition) is 4. The third-order valence-electron chi connectivity index (χ3n) is 4.91. The number of anilines is 1. The zero-order chi connectivity index (χ0) is 19.2. The van der Waals surface area contributed by atoms with Crippen molar-refractivity contribution in [2.75, 3.05) is 52.2 Å². The Labute approximate surface area is 162 Å². The monoisotopic (exact) mass is 363 g/mol. The molecule has 0 saturated carbocycles. The normalized spacial score (nSPS) is 15.6. The number of hydrogen-bond donors (Lipinski definition) is 0. The van der Waals surface area contributed by atoms with Crippen molar-refractivity contribution in [3.05, 3.63) is 71.3 Å². The second-order valence-electron chi connectivity index (χ2n) is 7.48. The minimum atomic E-state index is 0.0452. The molecular weight excluding hydrogens is 334 g/mol. The van der Waals surface area contributed by atoms with Crippen LogP contribution in [0.5, 0.6) is 0 Å². The topological polar surface area (TPSA) is 26.8 Å². The van der Waals surface area contributed by atoms with Crippen molar-refractivity contribution < 1.29 is 4.79 Å². The van der Waals surface area contributed by atoms with Gasteiger partial charge in [-0.05, 0) is 56.6 Å². The second kappa shape index (κ2) is 8.98. The maximum atomic E-state index is 12.7. The summed E-state index contributed by atoms with van der Waals surface area (Å²) in [6, 6.07) is 16.2. The molecule has 4 heteroatoms. The maximum Gasteiger partial charge on any atom is 0.185 e. The largest absolute Gasteiger partial charge is 0.368 e. The van der Waals surface area contributed by atoms with Gasteiger partial charge in [-0.3, -0.25) is 4.79 Å². The average Bonchev–Trinajstić information content (AvgIpc) is 2.67. The van der Waals surface area contributed by atoms with E-state index in [-0.39, 0.29) is 5.78 Å². The molecule has 1 saturated heterocycles. The van der Waals surface area contributed by atoms with Gasteiger partial charge in [0.25, 0.3) is 0 Å². The van der Waals surface area contributed by atoms with Gasteiger partial charge in [0.2, 0.25) is 0 Å². The minimum Gasteiger partial charge on any atom is -0.368 e. The van der Waals surface area contributed by atoms with Gasteiger partial charge < -0.3 is 14.7 Å². The number of carbonyl (C=O) groups excluding carboxylic acids is 1. The molecule has 0 N–H and O–H groups in total. The molecule has 2 aromatic rings. The molecule has 0 amide bonds. The van der Waals surface area contributed by atoms with Crippen molar-refractivity contribution >= 4 is 17.5 Å². The van der Waals surface area contributed by atoms with Crippen LogP contribution in [0.4, 0.5) is 5.69 Å². The highest BCUT2D eigenvalue weighted by molar-refractivity contribution is 6.07. The predicted molar refractivity (Wildman–Crippen MR) is 113 cm³/mol. The zero-order valence-corrected chi connectivity index (χ0v) is 16.6. The lowest BCUT2D eigenvalue weighted by Gasteiger charge is -2.34. The van der Waals surface area contributed by atoms with Crippen LogP contribution < -0.4 is 4.90 Å². The molecular formula is C23H29N3O. The lowest BCUT2D eigenvalue weighted by atomic mass is 10.0. The molecule has 4 nitrogen and oxygen atoms in total. The molecule has 0 aliphatic carbocycles. The van der Waals surface area contributed by atoms with E-state index < -0.39 is 0 Å². The van der Waals surface area contributed by atoms with Gasteiger partial charge in [-0.2, -0.15) is 0 Å². The highest BCUT2D eigenvalue weighted by Gasteiger charge is 2.16. The van der Waals surface area contributed by atoms with Crippen LogP contribution in [0.1, 0.15) is 21.5 Å². The molecule has 1 aliphatic rings. The molecule has 1 fully saturated rings. The Morgan fingerprint density at radius 1 is 1.04 bits per heavy atom. The number of para-hydroxylation sites is 1. The van der Waals surface area contributed by atoms with Crippen LogP contribution in [0.2, 0.25) is 0 Å². The fourth-order valence-electron chi connectivity index (χ4n) is 3.41. The van der Waals surface area contributed by atoms with Gasteiger partial charge in [-0.1, -0.05) is 36.4 Å². The Kier molecular flexibility index (Phi) is 6.43. The number of likely N-dealkylation sites (N-methyl/N-ethyl adjacent to an activating group) is 1. The predicted octanol–water partition coefficient (Wildman–Crippen LogP) is 3.40. The minimum absolute atomic E-state index is 0.0452. The van der Waals surface area contributed by atoms with Crippen LogP contribution in [0, 0.1) is 0 Å². The maximum absolute atomic E-state index is 12.7. The van der Waals surface area contributed by atoms with E-state index in [0.29, 0.717) is 0 Å². The number of ketones is 1. The first kappa shape index (κ1) is 19.3. The molecule has 3 rings (SSSR count). The SMILES string of the molecule is CN(C)Cc1cccc(C(=O)/C=C/c2ccccc2N2CCN(C)CC2)c1. The lowest BCUT2D eigenvalue weighted by Crippen LogP contribution is -2.44. The van der Waals surface area contributed by atoms with Crippen LogP contribution >= 0.6 is 0 Å². The fraction of sp³-hybridized carbons (Fsp3) is 0.348. The van der Waals surface area contributed by atoms with Crippen molar-refractivity contribution in [3.63, 3.8) is 0 Å². The van der Waals surface area contributed by atoms with E-state index in [0.717, 1.165) is 49.4 Å². The smallest absolute Gasteiger partial charge is 0.185 e. The van der Waals surface area contributed by atoms with Crippen LogP contribution in [0.25, 0.3) is 6.08 Å². The fourth-order valence-corrected chi connectivity index (χ4v) is 3.41. The summed E-state index contributed by atoms with van der Waals surface area (Å²) in [6.45, 7) is 4.99. The van der Waals surface area contributed by atoms with E-state index in [1.165, 1.54) is 5.69 Å². The van der Waals surface area contributed by atoms with E-state index in [9.17, 15) is 4.79 Å². The van der Waals surface area contributed by atoms with Gasteiger partial charge in [0.05, 0.1) is 0 Å². The number of benzene rings is 2. The van der Waals surface area contributed by atoms with Crippen molar-refractivity contribution in [2.45, 2.75) is 6.54 Å². The van der Waals surface area contributed by atoms with Crippen LogP contribution in [0.15, 0.2) is 54.6 Å². The first-order valence-electron chi connectivity index (χ1n) is 9.51. The van der Waals surface area contributed by atoms with Crippen LogP contribution in [-0.2, 0) is 6.54 Å². The molecule has 2 aromatic carbocycles. The number of rotatable bonds is 6. The van der Waals surface area contributed by atoms with Crippen molar-refractivity contribution in [2.24, 2.45) is 0 Å². The highest BCUT2D eigenvalue weighted by Crippen LogP contribution is 2.23. The summed E-state index contributed by atoms with van der Waals surface area (Å²) >= 11 is 0. The summed E-state index contributed by atoms with van der Waals surface area (Å²) in [5, 5.41) is 0. The van der Waals surface area contributed by atoms with Crippen LogP contribution in [0.3, 0.4) is 0 Å². The summed E-state index contributed by atoms with van der Waals surface area (Å²) < 4.78 is 0. The Hall–Kier alpha value is -2.43. The van der Waals surface area contributed by atoms with Gasteiger partial charge >= 0.3 is 0 Å². The average molecular weight is 364 g/mol. The van der Waals surface area contributed by atoms with Gasteiger partial charge in [0, 0.05) is 44.0 Å². The molecule has 142 valence electrons. The van der Waals surface area contributed by atoms with Crippen LogP contribution in [-0.4, -0.2) is 62.9 Å². The standard InChI is InChI=1S/C23H29N3O/c1-24(2)18-19-7-6-9-21(17-19)23(27)12-11-20-8-4-5-10-22(20)26-15-13-25(3)14-16-26/h4-12,17H,13-16,18H2,1-3H3/b12-11+. The molecule has 0 bridgehead atoms. The molecule has 1 heterocycles. The van der Waals surface area contributed by atoms with Gasteiger partial charge in [0.1, 0.15) is 0 Å². The summed E-state index contributed by atoms with van der Waals surface area (Å²) in [6.07, 6.45) is 3.65. The summed E-state index contributed by atoms with van der Waals surface area (Å²) in [4.78, 5) is 19.5. The van der Waals surface area contributed by atoms with E-state index in [2.05, 4.69) is 46.0 Å². The van der Waals surface area contributed by atoms with Gasteiger partial charge in [0.15, 0.2) is 5.78 Å². The van der Waals surface area contributed by atoms with Gasteiger partial charge in [-0.15, -0.1) is 0 Å². The molecule has 0 atom stereocenters. The zero-order valence-electron chi connectivity index (χ0n) is 16.6. The quantitative estimate of drug-likeness (QED) is 0.581. The van der Waals surface area contributed by atoms with Crippen molar-refractivity contribution in [1.82, 2.24) is 9.80 Å². The second-order valence-corrected chi connectivity index (χ2v) is 7.48. The first-order chi connectivity index (χ1) is 13.0. The van der Waals surface area contributed by atoms with E-state index in [4.69, 9.17) is 0 Å². The summed E-state index contributed by atoms with van der Waals surface area (Å²) in [5.41, 5.74) is 4.19. The molecule has 0 aromatic heterocycles. The number of allylic oxidation sites excluding steroid dienone is 1. The number of piperazine rings is 1. The number of nitrogens with zero attached hydrogens (tertiary/aromatic N) is 3. The summed E-state index contributed by atoms with van der Waals surface area (Å²) in [5.74, 6) is 0.0452. The van der Waals surface area contributed by atoms with E-state index in [1.54, 1.807) is 6.08 Å². The molecule has 0 spiro atoms. The number of carbonyl (C=O) groups is 1. The van der Waals surface area contributed by atoms with Gasteiger partial charge in [-0.25, -0.2) is 0 Å². The Morgan fingerprint density at radius 3 is 2.52 bits per heavy atom. The van der Waals surface area contributed by atoms with E-state index >= 15 is 0 Å². The van der Waals surface area contributed by atoms with Crippen molar-refractivity contribution in [3.8, 4) is 0 Å². The molecule has 0 radical (unpaired) electrons. The van der Waals surface area contributed by atoms with E-state index in [1.807, 2.05) is 44.4 Å². The third-order valence-corrected chi connectivity index (χ3v) is 4.91. The molecule has 27 heavy (non-hydrogen) atoms. The third kappa shape index (κ3) is 5.28. The lowest BCUT2D eigenvalue weighted by molar-refractivity contribution is 0.104. The highest BCUT2D eigenvalue weighted by atomic mass is 16.1. The first-order valence-corrected chi connectivity index (χ1v) is 9.51. The summed E-state index contributed by atoms with van der Waals surface area (Å²) in [7, 11) is 6.22.